The van der Waals surface area contributed by atoms with E-state index < -0.39 is 5.69 Å². The third-order valence-electron chi connectivity index (χ3n) is 3.53. The Morgan fingerprint density at radius 2 is 1.83 bits per heavy atom. The van der Waals surface area contributed by atoms with Crippen molar-refractivity contribution >= 4 is 5.95 Å². The van der Waals surface area contributed by atoms with Crippen LogP contribution in [0.5, 0.6) is 0 Å². The molecule has 0 aliphatic heterocycles. The summed E-state index contributed by atoms with van der Waals surface area (Å²) in [6.45, 7) is 2.78. The number of nitrogens with one attached hydrogen (secondary N) is 2. The molecule has 6 heteroatoms. The summed E-state index contributed by atoms with van der Waals surface area (Å²) in [6, 6.07) is 13.7. The minimum Gasteiger partial charge on any atom is -0.355 e. The first-order valence-corrected chi connectivity index (χ1v) is 7.40. The fourth-order valence-corrected chi connectivity index (χ4v) is 2.25. The molecular weight excluding hydrogens is 290 g/mol. The molecule has 3 rings (SSSR count). The molecule has 0 bridgehead atoms. The van der Waals surface area contributed by atoms with Crippen molar-refractivity contribution in [3.8, 4) is 11.4 Å². The summed E-state index contributed by atoms with van der Waals surface area (Å²) < 4.78 is 0. The third kappa shape index (κ3) is 3.79. The summed E-state index contributed by atoms with van der Waals surface area (Å²) in [7, 11) is 0. The van der Waals surface area contributed by atoms with Crippen LogP contribution >= 0.6 is 0 Å². The Morgan fingerprint density at radius 3 is 2.57 bits per heavy atom. The van der Waals surface area contributed by atoms with E-state index in [0.29, 0.717) is 24.2 Å². The number of aromatic nitrogens is 4. The molecule has 1 aromatic carbocycles. The molecule has 6 nitrogen and oxygen atoms in total. The average Bonchev–Trinajstić information content (AvgIpc) is 2.61. The predicted molar refractivity (Wildman–Crippen MR) is 89.2 cm³/mol. The van der Waals surface area contributed by atoms with Gasteiger partial charge < -0.3 is 5.32 Å². The molecule has 0 aliphatic carbocycles. The number of aromatic amines is 1. The smallest absolute Gasteiger partial charge is 0.349 e. The highest BCUT2D eigenvalue weighted by molar-refractivity contribution is 5.54. The highest BCUT2D eigenvalue weighted by Gasteiger charge is 2.08. The van der Waals surface area contributed by atoms with Gasteiger partial charge in [0.25, 0.3) is 0 Å². The quantitative estimate of drug-likeness (QED) is 0.756. The molecular formula is C17H17N5O. The maximum atomic E-state index is 11.7. The zero-order valence-corrected chi connectivity index (χ0v) is 12.7. The first-order chi connectivity index (χ1) is 11.2. The molecule has 23 heavy (non-hydrogen) atoms. The van der Waals surface area contributed by atoms with Gasteiger partial charge in [0.05, 0.1) is 0 Å². The minimum atomic E-state index is -0.429. The molecule has 116 valence electrons. The first kappa shape index (κ1) is 14.9. The van der Waals surface area contributed by atoms with Crippen LogP contribution in [0, 0.1) is 0 Å². The summed E-state index contributed by atoms with van der Waals surface area (Å²) >= 11 is 0. The summed E-state index contributed by atoms with van der Waals surface area (Å²) in [5.41, 5.74) is 1.55. The number of benzene rings is 1. The van der Waals surface area contributed by atoms with Gasteiger partial charge in [-0.25, -0.2) is 4.79 Å². The molecule has 0 spiro atoms. The maximum absolute atomic E-state index is 11.7. The van der Waals surface area contributed by atoms with E-state index >= 15 is 0 Å². The van der Waals surface area contributed by atoms with Crippen molar-refractivity contribution in [3.63, 3.8) is 0 Å². The molecule has 2 N–H and O–H groups in total. The van der Waals surface area contributed by atoms with Crippen molar-refractivity contribution in [2.75, 3.05) is 11.9 Å². The summed E-state index contributed by atoms with van der Waals surface area (Å²) in [6.07, 6.45) is 3.29. The van der Waals surface area contributed by atoms with E-state index in [1.54, 1.807) is 24.5 Å². The largest absolute Gasteiger partial charge is 0.355 e. The predicted octanol–water partition coefficient (Wildman–Crippen LogP) is 2.44. The van der Waals surface area contributed by atoms with Crippen LogP contribution in [-0.4, -0.2) is 26.5 Å². The normalized spacial score (nSPS) is 11.9. The van der Waals surface area contributed by atoms with E-state index in [1.165, 1.54) is 5.56 Å². The van der Waals surface area contributed by atoms with E-state index in [1.807, 2.05) is 18.2 Å². The number of nitrogens with zero attached hydrogens (tertiary/aromatic N) is 3. The Labute approximate surface area is 133 Å². The lowest BCUT2D eigenvalue weighted by Crippen LogP contribution is -2.19. The lowest BCUT2D eigenvalue weighted by molar-refractivity contribution is 0.793. The van der Waals surface area contributed by atoms with Crippen molar-refractivity contribution in [2.24, 2.45) is 0 Å². The van der Waals surface area contributed by atoms with Crippen molar-refractivity contribution < 1.29 is 0 Å². The van der Waals surface area contributed by atoms with Gasteiger partial charge >= 0.3 is 5.69 Å². The Morgan fingerprint density at radius 1 is 1.09 bits per heavy atom. The van der Waals surface area contributed by atoms with Crippen LogP contribution in [0.1, 0.15) is 18.4 Å². The van der Waals surface area contributed by atoms with Gasteiger partial charge in [-0.15, -0.1) is 0 Å². The Balaban J connectivity index is 1.76. The van der Waals surface area contributed by atoms with Gasteiger partial charge in [0.1, 0.15) is 0 Å². The van der Waals surface area contributed by atoms with Gasteiger partial charge in [-0.2, -0.15) is 9.97 Å². The van der Waals surface area contributed by atoms with Crippen molar-refractivity contribution in [2.45, 2.75) is 12.8 Å². The maximum Gasteiger partial charge on any atom is 0.349 e. The third-order valence-corrected chi connectivity index (χ3v) is 3.53. The SMILES string of the molecule is C[C@@H](CNc1nc(-c2ccncc2)nc(=O)[nH]1)c1ccccc1. The van der Waals surface area contributed by atoms with Gasteiger partial charge in [-0.3, -0.25) is 9.97 Å². The molecule has 0 saturated heterocycles. The van der Waals surface area contributed by atoms with E-state index in [2.05, 4.69) is 44.3 Å². The van der Waals surface area contributed by atoms with Crippen LogP contribution in [-0.2, 0) is 0 Å². The number of anilines is 1. The van der Waals surface area contributed by atoms with Crippen molar-refractivity contribution in [3.05, 3.63) is 70.9 Å². The number of pyridine rings is 1. The molecule has 2 aromatic heterocycles. The van der Waals surface area contributed by atoms with E-state index in [0.717, 1.165) is 5.56 Å². The Bertz CT molecular complexity index is 817. The van der Waals surface area contributed by atoms with Crippen LogP contribution in [0.4, 0.5) is 5.95 Å². The number of H-pyrrole nitrogens is 1. The van der Waals surface area contributed by atoms with Crippen LogP contribution in [0.15, 0.2) is 59.7 Å². The van der Waals surface area contributed by atoms with Gasteiger partial charge in [-0.05, 0) is 23.6 Å². The number of hydrogen-bond acceptors (Lipinski definition) is 5. The number of hydrogen-bond donors (Lipinski definition) is 2. The topological polar surface area (TPSA) is 83.6 Å². The molecule has 0 saturated carbocycles. The molecule has 3 aromatic rings. The van der Waals surface area contributed by atoms with Crippen molar-refractivity contribution in [1.82, 2.24) is 19.9 Å². The van der Waals surface area contributed by atoms with E-state index in [9.17, 15) is 4.79 Å². The fraction of sp³-hybridized carbons (Fsp3) is 0.176. The molecule has 0 aliphatic rings. The molecule has 0 amide bonds. The highest BCUT2D eigenvalue weighted by Crippen LogP contribution is 2.16. The van der Waals surface area contributed by atoms with Gasteiger partial charge in [0.2, 0.25) is 5.95 Å². The molecule has 0 unspecified atom stereocenters. The monoisotopic (exact) mass is 307 g/mol. The second-order valence-electron chi connectivity index (χ2n) is 5.25. The zero-order valence-electron chi connectivity index (χ0n) is 12.7. The Hall–Kier alpha value is -3.02. The van der Waals surface area contributed by atoms with Crippen LogP contribution < -0.4 is 11.0 Å². The number of rotatable bonds is 5. The summed E-state index contributed by atoms with van der Waals surface area (Å²) in [5.74, 6) is 1.09. The van der Waals surface area contributed by atoms with E-state index in [-0.39, 0.29) is 0 Å². The summed E-state index contributed by atoms with van der Waals surface area (Å²) in [5, 5.41) is 3.17. The second kappa shape index (κ2) is 6.83. The lowest BCUT2D eigenvalue weighted by Gasteiger charge is -2.13. The second-order valence-corrected chi connectivity index (χ2v) is 5.25. The van der Waals surface area contributed by atoms with Crippen LogP contribution in [0.25, 0.3) is 11.4 Å². The lowest BCUT2D eigenvalue weighted by atomic mass is 10.0. The Kier molecular flexibility index (Phi) is 4.42. The minimum absolute atomic E-state index is 0.291. The van der Waals surface area contributed by atoms with Crippen LogP contribution in [0.3, 0.4) is 0 Å². The first-order valence-electron chi connectivity index (χ1n) is 7.40. The standard InChI is InChI=1S/C17H17N5O/c1-12(13-5-3-2-4-6-13)11-19-16-20-15(21-17(23)22-16)14-7-9-18-10-8-14/h2-10,12H,11H2,1H3,(H2,19,20,21,22,23)/t12-/m0/s1. The van der Waals surface area contributed by atoms with Gasteiger partial charge in [0, 0.05) is 24.5 Å². The molecule has 1 atom stereocenters. The molecule has 0 fully saturated rings. The van der Waals surface area contributed by atoms with Crippen LogP contribution in [0.2, 0.25) is 0 Å². The molecule has 0 radical (unpaired) electrons. The van der Waals surface area contributed by atoms with Gasteiger partial charge in [0.15, 0.2) is 5.82 Å². The van der Waals surface area contributed by atoms with E-state index in [4.69, 9.17) is 0 Å². The average molecular weight is 307 g/mol. The zero-order chi connectivity index (χ0) is 16.1. The fourth-order valence-electron chi connectivity index (χ4n) is 2.25. The van der Waals surface area contributed by atoms with Crippen molar-refractivity contribution in [1.29, 1.82) is 0 Å². The molecule has 2 heterocycles. The van der Waals surface area contributed by atoms with Gasteiger partial charge in [-0.1, -0.05) is 37.3 Å². The highest BCUT2D eigenvalue weighted by atomic mass is 16.1. The summed E-state index contributed by atoms with van der Waals surface area (Å²) in [4.78, 5) is 26.6.